The monoisotopic (exact) mass is 396 g/mol. The Balaban J connectivity index is 1.37. The van der Waals surface area contributed by atoms with Gasteiger partial charge in [0, 0.05) is 24.9 Å². The normalized spacial score (nSPS) is 18.8. The van der Waals surface area contributed by atoms with E-state index >= 15 is 0 Å². The van der Waals surface area contributed by atoms with E-state index in [1.54, 1.807) is 18.2 Å². The van der Waals surface area contributed by atoms with E-state index in [1.165, 1.54) is 11.6 Å². The third-order valence-electron chi connectivity index (χ3n) is 5.67. The van der Waals surface area contributed by atoms with Crippen LogP contribution in [-0.4, -0.2) is 18.4 Å². The molecule has 0 unspecified atom stereocenters. The van der Waals surface area contributed by atoms with E-state index in [0.29, 0.717) is 37.9 Å². The van der Waals surface area contributed by atoms with Gasteiger partial charge in [-0.05, 0) is 56.2 Å². The second-order valence-electron chi connectivity index (χ2n) is 7.89. The zero-order valence-electron chi connectivity index (χ0n) is 16.9. The molecule has 3 rings (SSSR count). The molecule has 1 aliphatic rings. The van der Waals surface area contributed by atoms with E-state index in [4.69, 9.17) is 0 Å². The maximum absolute atomic E-state index is 13.6. The number of hydrogen-bond donors (Lipinski definition) is 2. The number of hydrogen-bond acceptors (Lipinski definition) is 2. The molecule has 0 saturated heterocycles. The van der Waals surface area contributed by atoms with Crippen LogP contribution in [0.2, 0.25) is 0 Å². The van der Waals surface area contributed by atoms with Gasteiger partial charge in [0.25, 0.3) is 0 Å². The summed E-state index contributed by atoms with van der Waals surface area (Å²) >= 11 is 0. The summed E-state index contributed by atoms with van der Waals surface area (Å²) in [7, 11) is 0. The summed E-state index contributed by atoms with van der Waals surface area (Å²) in [4.78, 5) is 24.8. The van der Waals surface area contributed by atoms with Crippen molar-refractivity contribution >= 4 is 11.8 Å². The fourth-order valence-electron chi connectivity index (χ4n) is 3.94. The van der Waals surface area contributed by atoms with Gasteiger partial charge >= 0.3 is 0 Å². The lowest BCUT2D eigenvalue weighted by atomic mass is 9.81. The van der Waals surface area contributed by atoms with Crippen molar-refractivity contribution in [2.45, 2.75) is 45.6 Å². The van der Waals surface area contributed by atoms with E-state index in [9.17, 15) is 14.0 Å². The van der Waals surface area contributed by atoms with Crippen molar-refractivity contribution in [1.29, 1.82) is 0 Å². The van der Waals surface area contributed by atoms with Gasteiger partial charge in [-0.25, -0.2) is 4.39 Å². The first-order chi connectivity index (χ1) is 14.0. The zero-order chi connectivity index (χ0) is 20.6. The van der Waals surface area contributed by atoms with Crippen LogP contribution in [0.1, 0.15) is 42.4 Å². The first kappa shape index (κ1) is 21.0. The van der Waals surface area contributed by atoms with Crippen LogP contribution in [0.5, 0.6) is 0 Å². The van der Waals surface area contributed by atoms with Crippen LogP contribution in [0.3, 0.4) is 0 Å². The summed E-state index contributed by atoms with van der Waals surface area (Å²) in [5, 5.41) is 5.94. The number of rotatable bonds is 7. The Labute approximate surface area is 171 Å². The van der Waals surface area contributed by atoms with Gasteiger partial charge in [0.1, 0.15) is 5.82 Å². The molecule has 2 amide bonds. The molecule has 2 aromatic rings. The Kier molecular flexibility index (Phi) is 7.39. The topological polar surface area (TPSA) is 58.2 Å². The van der Waals surface area contributed by atoms with Crippen molar-refractivity contribution in [3.05, 3.63) is 71.0 Å². The van der Waals surface area contributed by atoms with Crippen molar-refractivity contribution in [2.24, 2.45) is 11.8 Å². The lowest BCUT2D eigenvalue weighted by Crippen LogP contribution is -2.38. The average molecular weight is 397 g/mol. The van der Waals surface area contributed by atoms with Gasteiger partial charge in [0.15, 0.2) is 0 Å². The Morgan fingerprint density at radius 3 is 2.24 bits per heavy atom. The standard InChI is InChI=1S/C24H29FN2O2/c1-17-5-4-6-18(15-17)16-27-24(29)21-11-9-20(10-12-21)23(28)26-14-13-19-7-2-3-8-22(19)25/h2-8,15,20-21H,9-14,16H2,1H3,(H,26,28)(H,27,29). The number of aryl methyl sites for hydroxylation is 1. The molecule has 1 saturated carbocycles. The van der Waals surface area contributed by atoms with E-state index in [-0.39, 0.29) is 29.5 Å². The minimum atomic E-state index is -0.237. The molecule has 0 aliphatic heterocycles. The highest BCUT2D eigenvalue weighted by Crippen LogP contribution is 2.29. The van der Waals surface area contributed by atoms with E-state index in [2.05, 4.69) is 16.7 Å². The fraction of sp³-hybridized carbons (Fsp3) is 0.417. The molecule has 29 heavy (non-hydrogen) atoms. The van der Waals surface area contributed by atoms with E-state index in [1.807, 2.05) is 25.1 Å². The average Bonchev–Trinajstić information content (AvgIpc) is 2.73. The number of halogens is 1. The maximum atomic E-state index is 13.6. The van der Waals surface area contributed by atoms with Gasteiger partial charge in [-0.2, -0.15) is 0 Å². The third kappa shape index (κ3) is 6.14. The maximum Gasteiger partial charge on any atom is 0.223 e. The van der Waals surface area contributed by atoms with E-state index < -0.39 is 0 Å². The molecule has 0 heterocycles. The van der Waals surface area contributed by atoms with Gasteiger partial charge in [0.2, 0.25) is 11.8 Å². The van der Waals surface area contributed by atoms with Gasteiger partial charge in [-0.15, -0.1) is 0 Å². The smallest absolute Gasteiger partial charge is 0.223 e. The molecule has 2 aromatic carbocycles. The third-order valence-corrected chi connectivity index (χ3v) is 5.67. The van der Waals surface area contributed by atoms with Crippen LogP contribution >= 0.6 is 0 Å². The Morgan fingerprint density at radius 2 is 1.59 bits per heavy atom. The van der Waals surface area contributed by atoms with Gasteiger partial charge in [-0.1, -0.05) is 48.0 Å². The molecule has 2 N–H and O–H groups in total. The summed E-state index contributed by atoms with van der Waals surface area (Å²) in [6.07, 6.45) is 3.37. The molecule has 0 spiro atoms. The van der Waals surface area contributed by atoms with Crippen molar-refractivity contribution in [2.75, 3.05) is 6.54 Å². The number of carbonyl (C=O) groups is 2. The number of amides is 2. The lowest BCUT2D eigenvalue weighted by molar-refractivity contribution is -0.130. The predicted octanol–water partition coefficient (Wildman–Crippen LogP) is 3.92. The molecule has 5 heteroatoms. The summed E-state index contributed by atoms with van der Waals surface area (Å²) in [6, 6.07) is 14.7. The number of carbonyl (C=O) groups excluding carboxylic acids is 2. The molecular formula is C24H29FN2O2. The molecule has 4 nitrogen and oxygen atoms in total. The van der Waals surface area contributed by atoms with Crippen LogP contribution in [0.15, 0.2) is 48.5 Å². The lowest BCUT2D eigenvalue weighted by Gasteiger charge is -2.27. The summed E-state index contributed by atoms with van der Waals surface area (Å²) in [6.45, 7) is 3.00. The Hall–Kier alpha value is -2.69. The van der Waals surface area contributed by atoms with Crippen LogP contribution in [0.4, 0.5) is 4.39 Å². The fourth-order valence-corrected chi connectivity index (χ4v) is 3.94. The summed E-state index contributed by atoms with van der Waals surface area (Å²) < 4.78 is 13.6. The largest absolute Gasteiger partial charge is 0.356 e. The molecular weight excluding hydrogens is 367 g/mol. The zero-order valence-corrected chi connectivity index (χ0v) is 16.9. The van der Waals surface area contributed by atoms with Crippen LogP contribution in [0.25, 0.3) is 0 Å². The van der Waals surface area contributed by atoms with Crippen molar-refractivity contribution in [3.8, 4) is 0 Å². The van der Waals surface area contributed by atoms with Crippen LogP contribution < -0.4 is 10.6 Å². The molecule has 0 bridgehead atoms. The minimum absolute atomic E-state index is 0.0139. The van der Waals surface area contributed by atoms with Crippen molar-refractivity contribution in [3.63, 3.8) is 0 Å². The highest BCUT2D eigenvalue weighted by atomic mass is 19.1. The highest BCUT2D eigenvalue weighted by Gasteiger charge is 2.29. The van der Waals surface area contributed by atoms with Gasteiger partial charge < -0.3 is 10.6 Å². The summed E-state index contributed by atoms with van der Waals surface area (Å²) in [5.74, 6) is -0.234. The molecule has 0 aromatic heterocycles. The number of benzene rings is 2. The molecule has 154 valence electrons. The highest BCUT2D eigenvalue weighted by molar-refractivity contribution is 5.81. The minimum Gasteiger partial charge on any atom is -0.356 e. The second-order valence-corrected chi connectivity index (χ2v) is 7.89. The Bertz CT molecular complexity index is 844. The van der Waals surface area contributed by atoms with Gasteiger partial charge in [-0.3, -0.25) is 9.59 Å². The van der Waals surface area contributed by atoms with E-state index in [0.717, 1.165) is 18.4 Å². The van der Waals surface area contributed by atoms with Crippen LogP contribution in [-0.2, 0) is 22.6 Å². The van der Waals surface area contributed by atoms with Crippen LogP contribution in [0, 0.1) is 24.6 Å². The summed E-state index contributed by atoms with van der Waals surface area (Å²) in [5.41, 5.74) is 2.89. The SMILES string of the molecule is Cc1cccc(CNC(=O)C2CCC(C(=O)NCCc3ccccc3F)CC2)c1. The predicted molar refractivity (Wildman–Crippen MR) is 112 cm³/mol. The molecule has 0 radical (unpaired) electrons. The van der Waals surface area contributed by atoms with Crippen molar-refractivity contribution in [1.82, 2.24) is 10.6 Å². The van der Waals surface area contributed by atoms with Crippen molar-refractivity contribution < 1.29 is 14.0 Å². The first-order valence-corrected chi connectivity index (χ1v) is 10.4. The first-order valence-electron chi connectivity index (χ1n) is 10.4. The Morgan fingerprint density at radius 1 is 0.931 bits per heavy atom. The number of nitrogens with one attached hydrogen (secondary N) is 2. The quantitative estimate of drug-likeness (QED) is 0.745. The molecule has 1 fully saturated rings. The molecule has 1 aliphatic carbocycles. The second kappa shape index (κ2) is 10.2. The molecule has 0 atom stereocenters. The van der Waals surface area contributed by atoms with Gasteiger partial charge in [0.05, 0.1) is 0 Å².